The van der Waals surface area contributed by atoms with Crippen molar-refractivity contribution >= 4 is 0 Å². The van der Waals surface area contributed by atoms with Gasteiger partial charge < -0.3 is 19.1 Å². The van der Waals surface area contributed by atoms with Gasteiger partial charge in [0.15, 0.2) is 0 Å². The molecule has 0 unspecified atom stereocenters. The molecule has 5 heteroatoms. The Morgan fingerprint density at radius 1 is 1.08 bits per heavy atom. The number of nitrogens with zero attached hydrogens (tertiary/aromatic N) is 2. The summed E-state index contributed by atoms with van der Waals surface area (Å²) in [7, 11) is 5.36. The number of rotatable bonds is 8. The van der Waals surface area contributed by atoms with Crippen LogP contribution in [0, 0.1) is 11.3 Å². The average Bonchev–Trinajstić information content (AvgIpc) is 2.99. The summed E-state index contributed by atoms with van der Waals surface area (Å²) in [6.07, 6.45) is 2.52. The minimum absolute atomic E-state index is 0.411. The monoisotopic (exact) mass is 362 g/mol. The van der Waals surface area contributed by atoms with E-state index in [1.807, 2.05) is 13.2 Å². The van der Waals surface area contributed by atoms with Gasteiger partial charge in [-0.05, 0) is 49.0 Å². The molecule has 0 amide bonds. The maximum absolute atomic E-state index is 5.57. The first-order valence-electron chi connectivity index (χ1n) is 9.74. The molecule has 146 valence electrons. The van der Waals surface area contributed by atoms with Crippen LogP contribution in [0.25, 0.3) is 0 Å². The van der Waals surface area contributed by atoms with E-state index in [9.17, 15) is 0 Å². The molecule has 0 bridgehead atoms. The summed E-state index contributed by atoms with van der Waals surface area (Å²) in [5.74, 6) is 1.59. The quantitative estimate of drug-likeness (QED) is 0.710. The average molecular weight is 363 g/mol. The van der Waals surface area contributed by atoms with Crippen LogP contribution in [0.2, 0.25) is 0 Å². The van der Waals surface area contributed by atoms with Crippen molar-refractivity contribution in [3.8, 4) is 5.75 Å². The number of benzene rings is 1. The van der Waals surface area contributed by atoms with Crippen molar-refractivity contribution in [2.45, 2.75) is 19.4 Å². The summed E-state index contributed by atoms with van der Waals surface area (Å²) >= 11 is 0. The molecule has 1 atom stereocenters. The fraction of sp³-hybridized carbons (Fsp3) is 0.714. The Balaban J connectivity index is 1.58. The summed E-state index contributed by atoms with van der Waals surface area (Å²) < 4.78 is 16.2. The highest BCUT2D eigenvalue weighted by Crippen LogP contribution is 2.45. The molecule has 0 radical (unpaired) electrons. The van der Waals surface area contributed by atoms with E-state index in [1.54, 1.807) is 14.2 Å². The molecule has 26 heavy (non-hydrogen) atoms. The predicted octanol–water partition coefficient (Wildman–Crippen LogP) is 2.50. The van der Waals surface area contributed by atoms with Crippen molar-refractivity contribution in [1.82, 2.24) is 9.80 Å². The summed E-state index contributed by atoms with van der Waals surface area (Å²) in [6, 6.07) is 8.44. The highest BCUT2D eigenvalue weighted by atomic mass is 16.5. The molecule has 0 saturated carbocycles. The largest absolute Gasteiger partial charge is 0.497 e. The van der Waals surface area contributed by atoms with Crippen LogP contribution in [0.3, 0.4) is 0 Å². The number of piperidine rings is 1. The van der Waals surface area contributed by atoms with Crippen LogP contribution in [0.15, 0.2) is 24.3 Å². The van der Waals surface area contributed by atoms with Gasteiger partial charge in [0.1, 0.15) is 5.75 Å². The van der Waals surface area contributed by atoms with E-state index in [-0.39, 0.29) is 0 Å². The van der Waals surface area contributed by atoms with Gasteiger partial charge in [-0.3, -0.25) is 4.90 Å². The van der Waals surface area contributed by atoms with E-state index in [4.69, 9.17) is 14.2 Å². The smallest absolute Gasteiger partial charge is 0.119 e. The molecule has 0 aliphatic carbocycles. The Labute approximate surface area is 158 Å². The first kappa shape index (κ1) is 19.6. The van der Waals surface area contributed by atoms with Gasteiger partial charge in [-0.1, -0.05) is 12.1 Å². The van der Waals surface area contributed by atoms with E-state index in [0.29, 0.717) is 11.3 Å². The lowest BCUT2D eigenvalue weighted by atomic mass is 9.71. The Morgan fingerprint density at radius 3 is 2.58 bits per heavy atom. The van der Waals surface area contributed by atoms with Crippen LogP contribution in [-0.2, 0) is 16.0 Å². The predicted molar refractivity (Wildman–Crippen MR) is 104 cm³/mol. The Hall–Kier alpha value is -1.14. The Bertz CT molecular complexity index is 558. The lowest BCUT2D eigenvalue weighted by molar-refractivity contribution is 0.0348. The van der Waals surface area contributed by atoms with E-state index >= 15 is 0 Å². The number of methoxy groups -OCH3 is 3. The summed E-state index contributed by atoms with van der Waals surface area (Å²) in [6.45, 7) is 8.40. The maximum atomic E-state index is 5.57. The van der Waals surface area contributed by atoms with Crippen molar-refractivity contribution in [3.05, 3.63) is 29.8 Å². The lowest BCUT2D eigenvalue weighted by Crippen LogP contribution is -2.45. The fourth-order valence-electron chi connectivity index (χ4n) is 4.72. The van der Waals surface area contributed by atoms with Gasteiger partial charge in [0.05, 0.1) is 20.3 Å². The lowest BCUT2D eigenvalue weighted by Gasteiger charge is -2.42. The van der Waals surface area contributed by atoms with E-state index < -0.39 is 0 Å². The fourth-order valence-corrected chi connectivity index (χ4v) is 4.72. The van der Waals surface area contributed by atoms with Crippen molar-refractivity contribution in [2.75, 3.05) is 67.3 Å². The van der Waals surface area contributed by atoms with Crippen LogP contribution in [0.1, 0.15) is 18.4 Å². The van der Waals surface area contributed by atoms with Crippen LogP contribution in [0.5, 0.6) is 5.75 Å². The zero-order chi connectivity index (χ0) is 18.4. The summed E-state index contributed by atoms with van der Waals surface area (Å²) in [5.41, 5.74) is 1.75. The molecule has 2 aliphatic rings. The Kier molecular flexibility index (Phi) is 6.92. The maximum Gasteiger partial charge on any atom is 0.119 e. The van der Waals surface area contributed by atoms with Gasteiger partial charge >= 0.3 is 0 Å². The zero-order valence-corrected chi connectivity index (χ0v) is 16.6. The molecule has 2 fully saturated rings. The molecule has 5 nitrogen and oxygen atoms in total. The van der Waals surface area contributed by atoms with Crippen LogP contribution >= 0.6 is 0 Å². The summed E-state index contributed by atoms with van der Waals surface area (Å²) in [5, 5.41) is 0. The van der Waals surface area contributed by atoms with Crippen molar-refractivity contribution < 1.29 is 14.2 Å². The molecule has 1 aromatic rings. The van der Waals surface area contributed by atoms with Gasteiger partial charge in [-0.2, -0.15) is 0 Å². The minimum atomic E-state index is 0.411. The van der Waals surface area contributed by atoms with Crippen LogP contribution in [-0.4, -0.2) is 77.1 Å². The number of likely N-dealkylation sites (tertiary alicyclic amines) is 2. The molecule has 1 aromatic carbocycles. The van der Waals surface area contributed by atoms with Crippen molar-refractivity contribution in [1.29, 1.82) is 0 Å². The molecular weight excluding hydrogens is 328 g/mol. The van der Waals surface area contributed by atoms with Gasteiger partial charge in [-0.15, -0.1) is 0 Å². The highest BCUT2D eigenvalue weighted by molar-refractivity contribution is 5.28. The third-order valence-electron chi connectivity index (χ3n) is 6.25. The van der Waals surface area contributed by atoms with Crippen molar-refractivity contribution in [3.63, 3.8) is 0 Å². The molecule has 2 heterocycles. The molecule has 3 rings (SSSR count). The normalized spacial score (nSPS) is 23.6. The highest BCUT2D eigenvalue weighted by Gasteiger charge is 2.47. The first-order chi connectivity index (χ1) is 12.7. The number of hydrogen-bond donors (Lipinski definition) is 0. The summed E-state index contributed by atoms with van der Waals surface area (Å²) in [4.78, 5) is 5.16. The second-order valence-electron chi connectivity index (χ2n) is 7.87. The van der Waals surface area contributed by atoms with E-state index in [0.717, 1.165) is 51.7 Å². The topological polar surface area (TPSA) is 34.2 Å². The molecule has 0 aromatic heterocycles. The molecule has 2 aliphatic heterocycles. The van der Waals surface area contributed by atoms with E-state index in [1.165, 1.54) is 24.9 Å². The standard InChI is InChI=1S/C21H34N2O3/c1-24-12-11-23-15-19(16-25-2)21(17-23)7-9-22(10-8-21)14-18-5-4-6-20(13-18)26-3/h4-6,13,19H,7-12,14-17H2,1-3H3/t19-/m1/s1. The van der Waals surface area contributed by atoms with Gasteiger partial charge in [0.2, 0.25) is 0 Å². The van der Waals surface area contributed by atoms with Crippen LogP contribution in [0.4, 0.5) is 0 Å². The second kappa shape index (κ2) is 9.18. The molecule has 1 spiro atoms. The van der Waals surface area contributed by atoms with Gasteiger partial charge in [-0.25, -0.2) is 0 Å². The SMILES string of the molecule is COCCN1C[C@H](COC)C2(CCN(Cc3cccc(OC)c3)CC2)C1. The molecular formula is C21H34N2O3. The second-order valence-corrected chi connectivity index (χ2v) is 7.87. The first-order valence-corrected chi connectivity index (χ1v) is 9.74. The van der Waals surface area contributed by atoms with Gasteiger partial charge in [0.25, 0.3) is 0 Å². The Morgan fingerprint density at radius 2 is 1.88 bits per heavy atom. The van der Waals surface area contributed by atoms with Gasteiger partial charge in [0, 0.05) is 46.3 Å². The number of hydrogen-bond acceptors (Lipinski definition) is 5. The molecule has 2 saturated heterocycles. The van der Waals surface area contributed by atoms with Crippen molar-refractivity contribution in [2.24, 2.45) is 11.3 Å². The third kappa shape index (κ3) is 4.58. The third-order valence-corrected chi connectivity index (χ3v) is 6.25. The number of ether oxygens (including phenoxy) is 3. The van der Waals surface area contributed by atoms with E-state index in [2.05, 4.69) is 28.0 Å². The minimum Gasteiger partial charge on any atom is -0.497 e. The zero-order valence-electron chi connectivity index (χ0n) is 16.6. The van der Waals surface area contributed by atoms with Crippen LogP contribution < -0.4 is 4.74 Å². The molecule has 0 N–H and O–H groups in total.